The number of hydrogen-bond acceptors (Lipinski definition) is 4. The summed E-state index contributed by atoms with van der Waals surface area (Å²) < 4.78 is 22.5. The first kappa shape index (κ1) is 15.2. The van der Waals surface area contributed by atoms with Crippen molar-refractivity contribution in [1.82, 2.24) is 4.90 Å². The van der Waals surface area contributed by atoms with E-state index in [0.29, 0.717) is 13.0 Å². The van der Waals surface area contributed by atoms with Crippen LogP contribution in [0.1, 0.15) is 18.7 Å². The van der Waals surface area contributed by atoms with Crippen LogP contribution in [0, 0.1) is 0 Å². The van der Waals surface area contributed by atoms with Crippen LogP contribution in [0.2, 0.25) is 0 Å². The van der Waals surface area contributed by atoms with Crippen LogP contribution < -0.4 is 0 Å². The number of rotatable bonds is 6. The molecule has 18 heavy (non-hydrogen) atoms. The lowest BCUT2D eigenvalue weighted by Crippen LogP contribution is -2.42. The number of amides is 1. The van der Waals surface area contributed by atoms with Gasteiger partial charge in [0.05, 0.1) is 12.2 Å². The van der Waals surface area contributed by atoms with E-state index in [-0.39, 0.29) is 17.7 Å². The summed E-state index contributed by atoms with van der Waals surface area (Å²) in [4.78, 5) is 14.7. The van der Waals surface area contributed by atoms with Crippen molar-refractivity contribution in [2.24, 2.45) is 0 Å². The molecule has 0 aliphatic heterocycles. The third kappa shape index (κ3) is 4.78. The van der Waals surface area contributed by atoms with E-state index in [1.807, 2.05) is 24.4 Å². The fourth-order valence-corrected chi connectivity index (χ4v) is 3.68. The predicted octanol–water partition coefficient (Wildman–Crippen LogP) is 1.57. The van der Waals surface area contributed by atoms with Crippen LogP contribution in [0.15, 0.2) is 17.5 Å². The van der Waals surface area contributed by atoms with Gasteiger partial charge in [-0.1, -0.05) is 6.07 Å². The van der Waals surface area contributed by atoms with E-state index in [4.69, 9.17) is 0 Å². The topological polar surface area (TPSA) is 54.5 Å². The lowest BCUT2D eigenvalue weighted by Gasteiger charge is -2.27. The Labute approximate surface area is 113 Å². The molecule has 0 aliphatic rings. The van der Waals surface area contributed by atoms with Crippen molar-refractivity contribution in [3.63, 3.8) is 0 Å². The Morgan fingerprint density at radius 1 is 1.50 bits per heavy atom. The third-order valence-corrected chi connectivity index (χ3v) is 4.61. The first-order valence-corrected chi connectivity index (χ1v) is 8.77. The fraction of sp³-hybridized carbons (Fsp3) is 0.583. The van der Waals surface area contributed by atoms with E-state index in [1.165, 1.54) is 17.6 Å². The molecule has 0 N–H and O–H groups in total. The molecule has 0 aromatic carbocycles. The van der Waals surface area contributed by atoms with Gasteiger partial charge < -0.3 is 4.90 Å². The highest BCUT2D eigenvalue weighted by Crippen LogP contribution is 2.12. The zero-order valence-corrected chi connectivity index (χ0v) is 12.6. The monoisotopic (exact) mass is 289 g/mol. The van der Waals surface area contributed by atoms with Crippen LogP contribution in [0.4, 0.5) is 0 Å². The van der Waals surface area contributed by atoms with Gasteiger partial charge in [-0.15, -0.1) is 11.3 Å². The Bertz CT molecular complexity index is 479. The van der Waals surface area contributed by atoms with E-state index in [1.54, 1.807) is 11.8 Å². The number of thiophene rings is 1. The SMILES string of the molecule is CCN(C(=O)Cc1cccs1)[C@H](C)CS(C)(=O)=O. The standard InChI is InChI=1S/C12H19NO3S2/c1-4-13(10(2)9-18(3,15)16)12(14)8-11-6-5-7-17-11/h5-7,10H,4,8-9H2,1-3H3/t10-/m1/s1. The van der Waals surface area contributed by atoms with Gasteiger partial charge in [-0.3, -0.25) is 4.79 Å². The summed E-state index contributed by atoms with van der Waals surface area (Å²) in [6.07, 6.45) is 1.54. The lowest BCUT2D eigenvalue weighted by atomic mass is 10.2. The molecule has 1 rings (SSSR count). The van der Waals surface area contributed by atoms with Gasteiger partial charge in [-0.05, 0) is 25.3 Å². The van der Waals surface area contributed by atoms with Crippen molar-refractivity contribution in [1.29, 1.82) is 0 Å². The van der Waals surface area contributed by atoms with Gasteiger partial charge in [0.1, 0.15) is 9.84 Å². The van der Waals surface area contributed by atoms with Crippen LogP contribution >= 0.6 is 11.3 Å². The van der Waals surface area contributed by atoms with Crippen molar-refractivity contribution in [2.75, 3.05) is 18.6 Å². The number of carbonyl (C=O) groups is 1. The summed E-state index contributed by atoms with van der Waals surface area (Å²) in [5.74, 6) is -0.00657. The Hall–Kier alpha value is -0.880. The third-order valence-electron chi connectivity index (χ3n) is 2.64. The summed E-state index contributed by atoms with van der Waals surface area (Å²) in [5, 5.41) is 1.93. The minimum Gasteiger partial charge on any atom is -0.339 e. The molecular weight excluding hydrogens is 270 g/mol. The van der Waals surface area contributed by atoms with E-state index >= 15 is 0 Å². The normalized spacial score (nSPS) is 13.3. The summed E-state index contributed by atoms with van der Waals surface area (Å²) in [5.41, 5.74) is 0. The minimum absolute atomic E-state index is 0.0109. The number of carbonyl (C=O) groups excluding carboxylic acids is 1. The molecule has 4 nitrogen and oxygen atoms in total. The Morgan fingerprint density at radius 3 is 2.61 bits per heavy atom. The van der Waals surface area contributed by atoms with Gasteiger partial charge in [-0.2, -0.15) is 0 Å². The molecule has 0 unspecified atom stereocenters. The molecule has 6 heteroatoms. The quantitative estimate of drug-likeness (QED) is 0.799. The highest BCUT2D eigenvalue weighted by atomic mass is 32.2. The van der Waals surface area contributed by atoms with Gasteiger partial charge in [0, 0.05) is 23.7 Å². The summed E-state index contributed by atoms with van der Waals surface area (Å²) in [6, 6.07) is 3.54. The second-order valence-electron chi connectivity index (χ2n) is 4.38. The van der Waals surface area contributed by atoms with Crippen molar-refractivity contribution in [2.45, 2.75) is 26.3 Å². The lowest BCUT2D eigenvalue weighted by molar-refractivity contribution is -0.131. The molecule has 1 aromatic rings. The van der Waals surface area contributed by atoms with Gasteiger partial charge >= 0.3 is 0 Å². The van der Waals surface area contributed by atoms with E-state index in [2.05, 4.69) is 0 Å². The van der Waals surface area contributed by atoms with E-state index in [9.17, 15) is 13.2 Å². The van der Waals surface area contributed by atoms with Crippen molar-refractivity contribution in [3.05, 3.63) is 22.4 Å². The molecule has 1 aromatic heterocycles. The maximum atomic E-state index is 12.1. The van der Waals surface area contributed by atoms with Gasteiger partial charge in [0.2, 0.25) is 5.91 Å². The smallest absolute Gasteiger partial charge is 0.228 e. The van der Waals surface area contributed by atoms with Crippen molar-refractivity contribution >= 4 is 27.1 Å². The highest BCUT2D eigenvalue weighted by molar-refractivity contribution is 7.90. The minimum atomic E-state index is -3.07. The second kappa shape index (κ2) is 6.33. The fourth-order valence-electron chi connectivity index (χ4n) is 1.93. The van der Waals surface area contributed by atoms with Gasteiger partial charge in [-0.25, -0.2) is 8.42 Å². The van der Waals surface area contributed by atoms with E-state index < -0.39 is 9.84 Å². The molecule has 1 heterocycles. The van der Waals surface area contributed by atoms with Crippen LogP contribution in [-0.4, -0.2) is 43.8 Å². The van der Waals surface area contributed by atoms with E-state index in [0.717, 1.165) is 4.88 Å². The predicted molar refractivity (Wildman–Crippen MR) is 74.6 cm³/mol. The summed E-state index contributed by atoms with van der Waals surface area (Å²) in [7, 11) is -3.07. The Morgan fingerprint density at radius 2 is 2.17 bits per heavy atom. The van der Waals surface area contributed by atoms with Crippen LogP contribution in [0.5, 0.6) is 0 Å². The molecule has 0 spiro atoms. The molecule has 0 fully saturated rings. The number of sulfone groups is 1. The first-order chi connectivity index (χ1) is 8.33. The van der Waals surface area contributed by atoms with Crippen LogP contribution in [0.25, 0.3) is 0 Å². The maximum absolute atomic E-state index is 12.1. The molecule has 0 aliphatic carbocycles. The molecule has 0 bridgehead atoms. The molecule has 0 saturated heterocycles. The van der Waals surface area contributed by atoms with Crippen LogP contribution in [-0.2, 0) is 21.1 Å². The summed E-state index contributed by atoms with van der Waals surface area (Å²) >= 11 is 1.54. The van der Waals surface area contributed by atoms with Crippen molar-refractivity contribution in [3.8, 4) is 0 Å². The molecule has 102 valence electrons. The second-order valence-corrected chi connectivity index (χ2v) is 7.59. The average Bonchev–Trinajstić information content (AvgIpc) is 2.68. The zero-order chi connectivity index (χ0) is 13.8. The van der Waals surface area contributed by atoms with Crippen LogP contribution in [0.3, 0.4) is 0 Å². The molecule has 0 radical (unpaired) electrons. The molecule has 1 atom stereocenters. The largest absolute Gasteiger partial charge is 0.339 e. The first-order valence-electron chi connectivity index (χ1n) is 5.83. The maximum Gasteiger partial charge on any atom is 0.228 e. The van der Waals surface area contributed by atoms with Gasteiger partial charge in [0.25, 0.3) is 0 Å². The molecule has 1 amide bonds. The molecule has 0 saturated carbocycles. The number of likely N-dealkylation sites (N-methyl/N-ethyl adjacent to an activating group) is 1. The Kier molecular flexibility index (Phi) is 5.34. The number of nitrogens with zero attached hydrogens (tertiary/aromatic N) is 1. The number of hydrogen-bond donors (Lipinski definition) is 0. The van der Waals surface area contributed by atoms with Gasteiger partial charge in [0.15, 0.2) is 0 Å². The average molecular weight is 289 g/mol. The zero-order valence-electron chi connectivity index (χ0n) is 10.9. The van der Waals surface area contributed by atoms with Crippen molar-refractivity contribution < 1.29 is 13.2 Å². The molecular formula is C12H19NO3S2. The summed E-state index contributed by atoms with van der Waals surface area (Å²) in [6.45, 7) is 4.17. The highest BCUT2D eigenvalue weighted by Gasteiger charge is 2.22. The Balaban J connectivity index is 2.67.